The highest BCUT2D eigenvalue weighted by Gasteiger charge is 2.06. The molecule has 0 aliphatic rings. The van der Waals surface area contributed by atoms with Gasteiger partial charge in [0.1, 0.15) is 12.1 Å². The van der Waals surface area contributed by atoms with Crippen molar-refractivity contribution in [1.29, 1.82) is 10.5 Å². The molecule has 0 heterocycles. The van der Waals surface area contributed by atoms with E-state index >= 15 is 0 Å². The number of carbonyl (C=O) groups excluding carboxylic acids is 1. The topological polar surface area (TPSA) is 86.2 Å². The van der Waals surface area contributed by atoms with Gasteiger partial charge in [-0.1, -0.05) is 16.8 Å². The van der Waals surface area contributed by atoms with E-state index in [1.54, 1.807) is 24.3 Å². The standard InChI is InChI=1S/C11H6ClN3O2/c12-9-3-1-8(2-4-9)11(16)7-17-15-10(5-13)6-14/h1-4H,7H2. The third kappa shape index (κ3) is 3.94. The molecule has 0 saturated carbocycles. The van der Waals surface area contributed by atoms with Crippen molar-refractivity contribution in [3.05, 3.63) is 34.9 Å². The molecule has 0 N–H and O–H groups in total. The van der Waals surface area contributed by atoms with Crippen LogP contribution in [0.2, 0.25) is 5.02 Å². The first kappa shape index (κ1) is 12.7. The van der Waals surface area contributed by atoms with Crippen molar-refractivity contribution in [2.75, 3.05) is 6.61 Å². The van der Waals surface area contributed by atoms with E-state index in [0.29, 0.717) is 10.6 Å². The van der Waals surface area contributed by atoms with Crippen molar-refractivity contribution in [3.8, 4) is 12.1 Å². The lowest BCUT2D eigenvalue weighted by Crippen LogP contribution is -2.07. The number of nitriles is 2. The van der Waals surface area contributed by atoms with Gasteiger partial charge in [0.25, 0.3) is 5.71 Å². The average Bonchev–Trinajstić information content (AvgIpc) is 2.35. The van der Waals surface area contributed by atoms with Gasteiger partial charge in [-0.25, -0.2) is 0 Å². The molecular formula is C11H6ClN3O2. The smallest absolute Gasteiger partial charge is 0.256 e. The van der Waals surface area contributed by atoms with Crippen molar-refractivity contribution in [1.82, 2.24) is 0 Å². The Kier molecular flexibility index (Phi) is 4.68. The van der Waals surface area contributed by atoms with Crippen LogP contribution in [0, 0.1) is 22.7 Å². The number of nitrogens with zero attached hydrogens (tertiary/aromatic N) is 3. The van der Waals surface area contributed by atoms with E-state index in [2.05, 4.69) is 9.99 Å². The third-order valence-electron chi connectivity index (χ3n) is 1.73. The molecule has 1 aromatic rings. The van der Waals surface area contributed by atoms with Gasteiger partial charge in [-0.2, -0.15) is 10.5 Å². The number of hydrogen-bond donors (Lipinski definition) is 0. The summed E-state index contributed by atoms with van der Waals surface area (Å²) >= 11 is 5.66. The summed E-state index contributed by atoms with van der Waals surface area (Å²) in [5, 5.41) is 20.4. The predicted molar refractivity (Wildman–Crippen MR) is 60.4 cm³/mol. The Morgan fingerprint density at radius 2 is 1.88 bits per heavy atom. The van der Waals surface area contributed by atoms with E-state index in [9.17, 15) is 4.79 Å². The molecule has 17 heavy (non-hydrogen) atoms. The molecular weight excluding hydrogens is 242 g/mol. The third-order valence-corrected chi connectivity index (χ3v) is 1.98. The summed E-state index contributed by atoms with van der Waals surface area (Å²) in [6.07, 6.45) is 0. The Labute approximate surface area is 102 Å². The zero-order valence-corrected chi connectivity index (χ0v) is 9.31. The summed E-state index contributed by atoms with van der Waals surface area (Å²) < 4.78 is 0. The van der Waals surface area contributed by atoms with Crippen LogP contribution in [0.5, 0.6) is 0 Å². The van der Waals surface area contributed by atoms with Gasteiger partial charge >= 0.3 is 0 Å². The molecule has 0 spiro atoms. The lowest BCUT2D eigenvalue weighted by atomic mass is 10.1. The summed E-state index contributed by atoms with van der Waals surface area (Å²) in [7, 11) is 0. The van der Waals surface area contributed by atoms with Crippen molar-refractivity contribution in [2.24, 2.45) is 5.16 Å². The van der Waals surface area contributed by atoms with E-state index < -0.39 is 5.71 Å². The van der Waals surface area contributed by atoms with Crippen LogP contribution in [0.4, 0.5) is 0 Å². The van der Waals surface area contributed by atoms with Crippen LogP contribution in [-0.2, 0) is 4.84 Å². The van der Waals surface area contributed by atoms with Gasteiger partial charge in [-0.3, -0.25) is 4.79 Å². The van der Waals surface area contributed by atoms with Gasteiger partial charge in [0.05, 0.1) is 0 Å². The van der Waals surface area contributed by atoms with Crippen LogP contribution in [0.1, 0.15) is 10.4 Å². The zero-order chi connectivity index (χ0) is 12.7. The Balaban J connectivity index is 2.58. The first-order valence-electron chi connectivity index (χ1n) is 4.46. The van der Waals surface area contributed by atoms with Gasteiger partial charge in [0.15, 0.2) is 6.61 Å². The number of carbonyl (C=O) groups is 1. The molecule has 0 unspecified atom stereocenters. The predicted octanol–water partition coefficient (Wildman–Crippen LogP) is 1.94. The minimum Gasteiger partial charge on any atom is -0.386 e. The van der Waals surface area contributed by atoms with E-state index in [-0.39, 0.29) is 12.4 Å². The quantitative estimate of drug-likeness (QED) is 0.462. The fourth-order valence-electron chi connectivity index (χ4n) is 0.940. The highest BCUT2D eigenvalue weighted by molar-refractivity contribution is 6.30. The normalized spacial score (nSPS) is 8.65. The Bertz CT molecular complexity index is 507. The number of halogens is 1. The highest BCUT2D eigenvalue weighted by atomic mass is 35.5. The van der Waals surface area contributed by atoms with Crippen molar-refractivity contribution in [2.45, 2.75) is 0 Å². The molecule has 0 aromatic heterocycles. The number of rotatable bonds is 4. The number of oxime groups is 1. The monoisotopic (exact) mass is 247 g/mol. The maximum absolute atomic E-state index is 11.5. The van der Waals surface area contributed by atoms with Crippen LogP contribution < -0.4 is 0 Å². The molecule has 0 amide bonds. The fraction of sp³-hybridized carbons (Fsp3) is 0.0909. The summed E-state index contributed by atoms with van der Waals surface area (Å²) in [5.74, 6) is -0.319. The minimum absolute atomic E-state index is 0.319. The Morgan fingerprint density at radius 3 is 2.41 bits per heavy atom. The Hall–Kier alpha value is -2.37. The van der Waals surface area contributed by atoms with E-state index in [0.717, 1.165) is 0 Å². The molecule has 0 radical (unpaired) electrons. The highest BCUT2D eigenvalue weighted by Crippen LogP contribution is 2.10. The van der Waals surface area contributed by atoms with Crippen LogP contribution in [-0.4, -0.2) is 18.1 Å². The van der Waals surface area contributed by atoms with Gasteiger partial charge in [0.2, 0.25) is 5.78 Å². The number of hydrogen-bond acceptors (Lipinski definition) is 5. The van der Waals surface area contributed by atoms with Gasteiger partial charge in [-0.05, 0) is 24.3 Å². The first-order valence-corrected chi connectivity index (χ1v) is 4.84. The first-order chi connectivity index (χ1) is 8.17. The molecule has 6 heteroatoms. The second kappa shape index (κ2) is 6.26. The zero-order valence-electron chi connectivity index (χ0n) is 8.55. The second-order valence-corrected chi connectivity index (χ2v) is 3.30. The molecule has 5 nitrogen and oxygen atoms in total. The van der Waals surface area contributed by atoms with Crippen LogP contribution in [0.25, 0.3) is 0 Å². The molecule has 0 bridgehead atoms. The van der Waals surface area contributed by atoms with Gasteiger partial charge < -0.3 is 4.84 Å². The van der Waals surface area contributed by atoms with Crippen LogP contribution in [0.3, 0.4) is 0 Å². The summed E-state index contributed by atoms with van der Waals surface area (Å²) in [6.45, 7) is -0.339. The summed E-state index contributed by atoms with van der Waals surface area (Å²) in [4.78, 5) is 16.1. The van der Waals surface area contributed by atoms with Crippen molar-refractivity contribution in [3.63, 3.8) is 0 Å². The number of benzene rings is 1. The average molecular weight is 248 g/mol. The molecule has 0 fully saturated rings. The van der Waals surface area contributed by atoms with Gasteiger partial charge in [-0.15, -0.1) is 0 Å². The molecule has 0 aliphatic heterocycles. The van der Waals surface area contributed by atoms with Crippen molar-refractivity contribution >= 4 is 23.1 Å². The summed E-state index contributed by atoms with van der Waals surface area (Å²) in [6, 6.07) is 9.27. The van der Waals surface area contributed by atoms with E-state index in [4.69, 9.17) is 22.1 Å². The fourth-order valence-corrected chi connectivity index (χ4v) is 1.07. The van der Waals surface area contributed by atoms with Crippen molar-refractivity contribution < 1.29 is 9.63 Å². The van der Waals surface area contributed by atoms with Gasteiger partial charge in [0, 0.05) is 10.6 Å². The second-order valence-electron chi connectivity index (χ2n) is 2.87. The summed E-state index contributed by atoms with van der Waals surface area (Å²) in [5.41, 5.74) is -0.0195. The molecule has 0 aliphatic carbocycles. The number of ketones is 1. The lowest BCUT2D eigenvalue weighted by molar-refractivity contribution is 0.0777. The molecule has 1 aromatic carbocycles. The SMILES string of the molecule is N#CC(C#N)=NOCC(=O)c1ccc(Cl)cc1. The van der Waals surface area contributed by atoms with E-state index in [1.165, 1.54) is 12.1 Å². The van der Waals surface area contributed by atoms with Crippen LogP contribution in [0.15, 0.2) is 29.4 Å². The maximum Gasteiger partial charge on any atom is 0.256 e. The van der Waals surface area contributed by atoms with Crippen LogP contribution >= 0.6 is 11.6 Å². The minimum atomic E-state index is -0.436. The Morgan fingerprint density at radius 1 is 1.29 bits per heavy atom. The largest absolute Gasteiger partial charge is 0.386 e. The number of Topliss-reactive ketones (excluding diaryl/α,β-unsaturated/α-hetero) is 1. The maximum atomic E-state index is 11.5. The molecule has 0 atom stereocenters. The van der Waals surface area contributed by atoms with E-state index in [1.807, 2.05) is 0 Å². The molecule has 0 saturated heterocycles. The molecule has 1 rings (SSSR count). The molecule has 84 valence electrons. The lowest BCUT2D eigenvalue weighted by Gasteiger charge is -1.99.